The number of rotatable bonds is 5. The van der Waals surface area contributed by atoms with Gasteiger partial charge in [-0.1, -0.05) is 6.07 Å². The molecule has 3 aromatic rings. The zero-order chi connectivity index (χ0) is 25.3. The second-order valence-corrected chi connectivity index (χ2v) is 9.47. The summed E-state index contributed by atoms with van der Waals surface area (Å²) in [5.41, 5.74) is 2.25. The van der Waals surface area contributed by atoms with Crippen molar-refractivity contribution in [2.24, 2.45) is 0 Å². The Morgan fingerprint density at radius 2 is 1.77 bits per heavy atom. The molecule has 1 saturated heterocycles. The van der Waals surface area contributed by atoms with E-state index < -0.39 is 11.6 Å². The van der Waals surface area contributed by atoms with Crippen LogP contribution in [0.5, 0.6) is 5.75 Å². The monoisotopic (exact) mass is 545 g/mol. The molecule has 2 aromatic carbocycles. The lowest BCUT2D eigenvalue weighted by molar-refractivity contribution is 0.0663. The van der Waals surface area contributed by atoms with Gasteiger partial charge >= 0.3 is 0 Å². The number of benzene rings is 2. The molecule has 0 atom stereocenters. The van der Waals surface area contributed by atoms with Crippen molar-refractivity contribution in [1.29, 1.82) is 0 Å². The van der Waals surface area contributed by atoms with E-state index in [-0.39, 0.29) is 33.9 Å². The standard InChI is InChI=1S/C26H26BrF2N3O3/c1-16-13-23(35-15-18-7-8-19(28)14-21(18)29)24(27)26(34)32(16)22-6-4-5-20(17(22)2)25(33)31-11-9-30(3)10-12-31/h4-8,13-14H,9-12,15H2,1-3H3. The summed E-state index contributed by atoms with van der Waals surface area (Å²) in [6, 6.07) is 10.3. The van der Waals surface area contributed by atoms with Crippen LogP contribution in [-0.2, 0) is 6.61 Å². The average Bonchev–Trinajstić information content (AvgIpc) is 2.82. The van der Waals surface area contributed by atoms with Gasteiger partial charge in [0.2, 0.25) is 0 Å². The molecule has 9 heteroatoms. The maximum Gasteiger partial charge on any atom is 0.273 e. The molecule has 0 radical (unpaired) electrons. The van der Waals surface area contributed by atoms with Crippen molar-refractivity contribution >= 4 is 21.8 Å². The third-order valence-corrected chi connectivity index (χ3v) is 7.00. The van der Waals surface area contributed by atoms with Crippen LogP contribution in [0.1, 0.15) is 27.2 Å². The number of aryl methyl sites for hydroxylation is 1. The largest absolute Gasteiger partial charge is 0.487 e. The Hall–Kier alpha value is -3.04. The second-order valence-electron chi connectivity index (χ2n) is 8.67. The van der Waals surface area contributed by atoms with E-state index >= 15 is 0 Å². The molecule has 0 saturated carbocycles. The number of aromatic nitrogens is 1. The SMILES string of the molecule is Cc1c(C(=O)N2CCN(C)CC2)cccc1-n1c(C)cc(OCc2ccc(F)cc2F)c(Br)c1=O. The van der Waals surface area contributed by atoms with E-state index in [1.807, 2.05) is 18.9 Å². The molecule has 6 nitrogen and oxygen atoms in total. The first-order valence-corrected chi connectivity index (χ1v) is 12.0. The summed E-state index contributed by atoms with van der Waals surface area (Å²) in [5, 5.41) is 0. The summed E-state index contributed by atoms with van der Waals surface area (Å²) < 4.78 is 34.5. The number of carbonyl (C=O) groups excluding carboxylic acids is 1. The zero-order valence-electron chi connectivity index (χ0n) is 19.8. The first-order chi connectivity index (χ1) is 16.7. The number of amides is 1. The van der Waals surface area contributed by atoms with Crippen molar-refractivity contribution in [1.82, 2.24) is 14.4 Å². The van der Waals surface area contributed by atoms with E-state index in [1.165, 1.54) is 10.6 Å². The van der Waals surface area contributed by atoms with Crippen LogP contribution in [-0.4, -0.2) is 53.5 Å². The van der Waals surface area contributed by atoms with Gasteiger partial charge in [-0.3, -0.25) is 14.2 Å². The molecule has 0 bridgehead atoms. The van der Waals surface area contributed by atoms with E-state index in [2.05, 4.69) is 20.8 Å². The lowest BCUT2D eigenvalue weighted by atomic mass is 10.0. The number of halogens is 3. The number of ether oxygens (including phenoxy) is 1. The van der Waals surface area contributed by atoms with Gasteiger partial charge in [-0.05, 0) is 66.7 Å². The number of piperazine rings is 1. The topological polar surface area (TPSA) is 54.8 Å². The molecule has 4 rings (SSSR count). The zero-order valence-corrected chi connectivity index (χ0v) is 21.4. The lowest BCUT2D eigenvalue weighted by Crippen LogP contribution is -2.47. The molecule has 184 valence electrons. The summed E-state index contributed by atoms with van der Waals surface area (Å²) in [6.07, 6.45) is 0. The molecule has 1 aliphatic heterocycles. The number of hydrogen-bond donors (Lipinski definition) is 0. The predicted octanol–water partition coefficient (Wildman–Crippen LogP) is 4.46. The number of carbonyl (C=O) groups is 1. The minimum Gasteiger partial charge on any atom is -0.487 e. The highest BCUT2D eigenvalue weighted by atomic mass is 79.9. The summed E-state index contributed by atoms with van der Waals surface area (Å²) in [6.45, 7) is 6.38. The van der Waals surface area contributed by atoms with Crippen LogP contribution >= 0.6 is 15.9 Å². The van der Waals surface area contributed by atoms with Gasteiger partial charge in [-0.2, -0.15) is 0 Å². The summed E-state index contributed by atoms with van der Waals surface area (Å²) in [5.74, 6) is -1.20. The fourth-order valence-electron chi connectivity index (χ4n) is 4.16. The summed E-state index contributed by atoms with van der Waals surface area (Å²) in [7, 11) is 2.03. The molecule has 35 heavy (non-hydrogen) atoms. The molecule has 0 unspecified atom stereocenters. The van der Waals surface area contributed by atoms with Gasteiger partial charge in [0, 0.05) is 55.1 Å². The van der Waals surface area contributed by atoms with E-state index in [0.717, 1.165) is 25.2 Å². The quantitative estimate of drug-likeness (QED) is 0.475. The first kappa shape index (κ1) is 25.1. The third-order valence-electron chi connectivity index (χ3n) is 6.27. The van der Waals surface area contributed by atoms with Crippen molar-refractivity contribution in [3.63, 3.8) is 0 Å². The molecule has 2 heterocycles. The Kier molecular flexibility index (Phi) is 7.37. The van der Waals surface area contributed by atoms with Crippen LogP contribution in [0.15, 0.2) is 51.7 Å². The Bertz CT molecular complexity index is 1330. The van der Waals surface area contributed by atoms with Crippen LogP contribution < -0.4 is 10.3 Å². The fourth-order valence-corrected chi connectivity index (χ4v) is 4.56. The first-order valence-electron chi connectivity index (χ1n) is 11.2. The van der Waals surface area contributed by atoms with Gasteiger partial charge in [-0.25, -0.2) is 8.78 Å². The molecular weight excluding hydrogens is 520 g/mol. The van der Waals surface area contributed by atoms with E-state index in [1.54, 1.807) is 31.2 Å². The molecule has 0 spiro atoms. The number of pyridine rings is 1. The summed E-state index contributed by atoms with van der Waals surface area (Å²) >= 11 is 3.31. The van der Waals surface area contributed by atoms with Crippen LogP contribution in [0.25, 0.3) is 5.69 Å². The van der Waals surface area contributed by atoms with Crippen LogP contribution in [0, 0.1) is 25.5 Å². The normalized spacial score (nSPS) is 14.3. The van der Waals surface area contributed by atoms with E-state index in [4.69, 9.17) is 4.74 Å². The fraction of sp³-hybridized carbons (Fsp3) is 0.308. The molecule has 1 aliphatic rings. The van der Waals surface area contributed by atoms with Crippen LogP contribution in [0.3, 0.4) is 0 Å². The minimum atomic E-state index is -0.719. The highest BCUT2D eigenvalue weighted by Crippen LogP contribution is 2.27. The van der Waals surface area contributed by atoms with Gasteiger partial charge in [0.15, 0.2) is 0 Å². The highest BCUT2D eigenvalue weighted by molar-refractivity contribution is 9.10. The Morgan fingerprint density at radius 3 is 2.46 bits per heavy atom. The Balaban J connectivity index is 1.64. The van der Waals surface area contributed by atoms with Crippen molar-refractivity contribution in [3.8, 4) is 11.4 Å². The Morgan fingerprint density at radius 1 is 1.06 bits per heavy atom. The molecule has 1 amide bonds. The number of nitrogens with zero attached hydrogens (tertiary/aromatic N) is 3. The van der Waals surface area contributed by atoms with Crippen molar-refractivity contribution in [2.75, 3.05) is 33.2 Å². The minimum absolute atomic E-state index is 0.0523. The van der Waals surface area contributed by atoms with Gasteiger partial charge < -0.3 is 14.5 Å². The van der Waals surface area contributed by atoms with E-state index in [0.29, 0.717) is 35.6 Å². The second kappa shape index (κ2) is 10.3. The average molecular weight is 546 g/mol. The maximum absolute atomic E-state index is 14.0. The molecule has 1 fully saturated rings. The molecule has 0 N–H and O–H groups in total. The van der Waals surface area contributed by atoms with Gasteiger partial charge in [0.05, 0.1) is 5.69 Å². The highest BCUT2D eigenvalue weighted by Gasteiger charge is 2.24. The molecule has 0 aliphatic carbocycles. The van der Waals surface area contributed by atoms with Crippen molar-refractivity contribution < 1.29 is 18.3 Å². The van der Waals surface area contributed by atoms with Crippen LogP contribution in [0.2, 0.25) is 0 Å². The molecular formula is C26H26BrF2N3O3. The maximum atomic E-state index is 14.0. The van der Waals surface area contributed by atoms with Crippen molar-refractivity contribution in [2.45, 2.75) is 20.5 Å². The van der Waals surface area contributed by atoms with Gasteiger partial charge in [-0.15, -0.1) is 0 Å². The Labute approximate surface area is 210 Å². The summed E-state index contributed by atoms with van der Waals surface area (Å²) in [4.78, 5) is 30.5. The van der Waals surface area contributed by atoms with Gasteiger partial charge in [0.25, 0.3) is 11.5 Å². The molecule has 1 aromatic heterocycles. The number of hydrogen-bond acceptors (Lipinski definition) is 4. The predicted molar refractivity (Wildman–Crippen MR) is 133 cm³/mol. The third kappa shape index (κ3) is 5.16. The number of likely N-dealkylation sites (N-methyl/N-ethyl adjacent to an activating group) is 1. The lowest BCUT2D eigenvalue weighted by Gasteiger charge is -2.33. The van der Waals surface area contributed by atoms with E-state index in [9.17, 15) is 18.4 Å². The van der Waals surface area contributed by atoms with Crippen LogP contribution in [0.4, 0.5) is 8.78 Å². The smallest absolute Gasteiger partial charge is 0.273 e. The van der Waals surface area contributed by atoms with Crippen molar-refractivity contribution in [3.05, 3.63) is 91.3 Å². The van der Waals surface area contributed by atoms with Gasteiger partial charge in [0.1, 0.15) is 28.5 Å².